The number of para-hydroxylation sites is 1. The van der Waals surface area contributed by atoms with E-state index in [1.807, 2.05) is 6.92 Å². The number of Topliss-reactive ketones (excluding diaryl/α,β-unsaturated/α-hetero) is 1. The summed E-state index contributed by atoms with van der Waals surface area (Å²) in [7, 11) is -1.19. The molecule has 2 aliphatic rings. The molecule has 1 aromatic carbocycles. The van der Waals surface area contributed by atoms with E-state index < -0.39 is 26.0 Å². The number of ketones is 1. The number of carbonyl (C=O) groups is 3. The molecular formula is C22H29BO8. The fraction of sp³-hybridized carbons (Fsp3) is 0.591. The fourth-order valence-corrected chi connectivity index (χ4v) is 4.05. The molecule has 0 unspecified atom stereocenters. The predicted molar refractivity (Wildman–Crippen MR) is 112 cm³/mol. The molecule has 0 spiro atoms. The second-order valence-corrected chi connectivity index (χ2v) is 8.08. The van der Waals surface area contributed by atoms with Gasteiger partial charge in [0.1, 0.15) is 23.2 Å². The van der Waals surface area contributed by atoms with Crippen LogP contribution in [0.5, 0.6) is 5.75 Å². The molecule has 9 heteroatoms. The van der Waals surface area contributed by atoms with Crippen molar-refractivity contribution in [3.8, 4) is 5.75 Å². The highest BCUT2D eigenvalue weighted by Crippen LogP contribution is 2.36. The summed E-state index contributed by atoms with van der Waals surface area (Å²) in [5.74, 6) is -0.805. The highest BCUT2D eigenvalue weighted by atomic mass is 16.8. The van der Waals surface area contributed by atoms with Crippen molar-refractivity contribution in [2.75, 3.05) is 6.79 Å². The molecule has 1 aliphatic carbocycles. The van der Waals surface area contributed by atoms with Gasteiger partial charge in [-0.1, -0.05) is 25.5 Å². The zero-order valence-electron chi connectivity index (χ0n) is 17.8. The van der Waals surface area contributed by atoms with Crippen molar-refractivity contribution in [3.05, 3.63) is 29.3 Å². The lowest BCUT2D eigenvalue weighted by molar-refractivity contribution is -0.119. The molecule has 8 nitrogen and oxygen atoms in total. The summed E-state index contributed by atoms with van der Waals surface area (Å²) in [5.41, 5.74) is 0.839. The smallest absolute Gasteiger partial charge is 0.526 e. The van der Waals surface area contributed by atoms with Gasteiger partial charge in [0.05, 0.1) is 0 Å². The lowest BCUT2D eigenvalue weighted by Gasteiger charge is -2.28. The number of fused-ring (bicyclic) bond motifs is 1. The Hall–Kier alpha value is -2.55. The van der Waals surface area contributed by atoms with Crippen LogP contribution in [0.2, 0.25) is 5.82 Å². The highest BCUT2D eigenvalue weighted by Gasteiger charge is 2.37. The SMILES string of the molecule is CCCC(=O)C[C@H]1Cc2cccc(C(=O)OCOC(=O)OC3CCCCC3)c2OB1O. The molecule has 1 atom stereocenters. The van der Waals surface area contributed by atoms with E-state index in [1.165, 1.54) is 6.07 Å². The van der Waals surface area contributed by atoms with Crippen LogP contribution in [0.25, 0.3) is 0 Å². The minimum Gasteiger partial charge on any atom is -0.535 e. The average Bonchev–Trinajstić information content (AvgIpc) is 2.74. The van der Waals surface area contributed by atoms with Crippen molar-refractivity contribution < 1.29 is 38.3 Å². The molecule has 1 N–H and O–H groups in total. The molecule has 1 aliphatic heterocycles. The highest BCUT2D eigenvalue weighted by molar-refractivity contribution is 6.47. The molecule has 1 heterocycles. The van der Waals surface area contributed by atoms with Crippen molar-refractivity contribution in [2.45, 2.75) is 76.6 Å². The van der Waals surface area contributed by atoms with Crippen LogP contribution in [0.3, 0.4) is 0 Å². The Balaban J connectivity index is 1.53. The van der Waals surface area contributed by atoms with Gasteiger partial charge in [-0.05, 0) is 50.2 Å². The fourth-order valence-electron chi connectivity index (χ4n) is 4.05. The first kappa shape index (κ1) is 23.1. The Morgan fingerprint density at radius 2 is 1.94 bits per heavy atom. The summed E-state index contributed by atoms with van der Waals surface area (Å²) in [4.78, 5) is 36.2. The Kier molecular flexibility index (Phi) is 8.34. The number of hydrogen-bond acceptors (Lipinski definition) is 8. The first-order valence-electron chi connectivity index (χ1n) is 11.0. The lowest BCUT2D eigenvalue weighted by Crippen LogP contribution is -2.36. The minimum atomic E-state index is -1.19. The van der Waals surface area contributed by atoms with Gasteiger partial charge in [-0.2, -0.15) is 0 Å². The number of benzene rings is 1. The normalized spacial score (nSPS) is 18.5. The Labute approximate surface area is 182 Å². The van der Waals surface area contributed by atoms with E-state index in [9.17, 15) is 19.4 Å². The van der Waals surface area contributed by atoms with Crippen LogP contribution in [0.4, 0.5) is 4.79 Å². The van der Waals surface area contributed by atoms with Crippen LogP contribution in [-0.2, 0) is 25.4 Å². The van der Waals surface area contributed by atoms with Gasteiger partial charge < -0.3 is 23.9 Å². The van der Waals surface area contributed by atoms with Crippen LogP contribution in [0.1, 0.15) is 74.2 Å². The zero-order chi connectivity index (χ0) is 22.2. The third kappa shape index (κ3) is 6.47. The third-order valence-corrected chi connectivity index (χ3v) is 5.64. The minimum absolute atomic E-state index is 0.0754. The summed E-state index contributed by atoms with van der Waals surface area (Å²) < 4.78 is 20.7. The van der Waals surface area contributed by atoms with Crippen molar-refractivity contribution >= 4 is 25.0 Å². The summed E-state index contributed by atoms with van der Waals surface area (Å²) in [6.07, 6.45) is 5.66. The monoisotopic (exact) mass is 432 g/mol. The first-order chi connectivity index (χ1) is 15.0. The first-order valence-corrected chi connectivity index (χ1v) is 11.0. The Morgan fingerprint density at radius 1 is 1.16 bits per heavy atom. The maximum Gasteiger partial charge on any atom is 0.526 e. The average molecular weight is 432 g/mol. The summed E-state index contributed by atoms with van der Waals surface area (Å²) >= 11 is 0. The molecule has 0 radical (unpaired) electrons. The molecule has 0 bridgehead atoms. The van der Waals surface area contributed by atoms with Gasteiger partial charge in [-0.15, -0.1) is 0 Å². The van der Waals surface area contributed by atoms with Crippen molar-refractivity contribution in [3.63, 3.8) is 0 Å². The topological polar surface area (TPSA) is 108 Å². The number of ether oxygens (including phenoxy) is 3. The molecule has 1 fully saturated rings. The maximum absolute atomic E-state index is 12.5. The lowest BCUT2D eigenvalue weighted by atomic mass is 9.64. The molecule has 1 saturated carbocycles. The summed E-state index contributed by atoms with van der Waals surface area (Å²) in [6, 6.07) is 4.98. The van der Waals surface area contributed by atoms with Crippen LogP contribution < -0.4 is 4.65 Å². The quantitative estimate of drug-likeness (QED) is 0.375. The molecular weight excluding hydrogens is 403 g/mol. The van der Waals surface area contributed by atoms with E-state index >= 15 is 0 Å². The van der Waals surface area contributed by atoms with Crippen molar-refractivity contribution in [1.29, 1.82) is 0 Å². The predicted octanol–water partition coefficient (Wildman–Crippen LogP) is 3.83. The molecule has 3 rings (SSSR count). The number of hydrogen-bond donors (Lipinski definition) is 1. The van der Waals surface area contributed by atoms with Crippen molar-refractivity contribution in [2.24, 2.45) is 0 Å². The second kappa shape index (κ2) is 11.2. The Morgan fingerprint density at radius 3 is 2.68 bits per heavy atom. The number of rotatable bonds is 8. The number of carbonyl (C=O) groups excluding carboxylic acids is 3. The van der Waals surface area contributed by atoms with E-state index in [-0.39, 0.29) is 35.4 Å². The molecule has 0 amide bonds. The maximum atomic E-state index is 12.5. The van der Waals surface area contributed by atoms with Gasteiger partial charge in [-0.3, -0.25) is 4.79 Å². The third-order valence-electron chi connectivity index (χ3n) is 5.64. The molecule has 0 aromatic heterocycles. The van der Waals surface area contributed by atoms with Crippen LogP contribution in [-0.4, -0.2) is 42.9 Å². The standard InChI is InChI=1S/C22H29BO8/c1-2-7-17(24)13-16-12-15-8-6-11-19(20(15)31-23(16)27)21(25)28-14-29-22(26)30-18-9-4-3-5-10-18/h6,8,11,16,18,27H,2-5,7,9-10,12-14H2,1H3/t16-/m1/s1. The van der Waals surface area contributed by atoms with E-state index in [0.717, 1.165) is 38.5 Å². The van der Waals surface area contributed by atoms with Gasteiger partial charge in [-0.25, -0.2) is 9.59 Å². The molecule has 31 heavy (non-hydrogen) atoms. The van der Waals surface area contributed by atoms with E-state index in [2.05, 4.69) is 0 Å². The molecule has 1 aromatic rings. The van der Waals surface area contributed by atoms with Crippen LogP contribution >= 0.6 is 0 Å². The van der Waals surface area contributed by atoms with E-state index in [4.69, 9.17) is 18.9 Å². The number of esters is 1. The van der Waals surface area contributed by atoms with Gasteiger partial charge in [0.25, 0.3) is 0 Å². The summed E-state index contributed by atoms with van der Waals surface area (Å²) in [6.45, 7) is 1.35. The largest absolute Gasteiger partial charge is 0.535 e. The van der Waals surface area contributed by atoms with E-state index in [1.54, 1.807) is 12.1 Å². The summed E-state index contributed by atoms with van der Waals surface area (Å²) in [5, 5.41) is 10.3. The zero-order valence-corrected chi connectivity index (χ0v) is 17.8. The Bertz CT molecular complexity index is 790. The van der Waals surface area contributed by atoms with Gasteiger partial charge in [0, 0.05) is 18.7 Å². The van der Waals surface area contributed by atoms with Crippen LogP contribution in [0.15, 0.2) is 18.2 Å². The molecule has 0 saturated heterocycles. The second-order valence-electron chi connectivity index (χ2n) is 8.08. The van der Waals surface area contributed by atoms with Gasteiger partial charge in [0.2, 0.25) is 6.79 Å². The molecule has 168 valence electrons. The van der Waals surface area contributed by atoms with Crippen molar-refractivity contribution in [1.82, 2.24) is 0 Å². The van der Waals surface area contributed by atoms with Crippen LogP contribution in [0, 0.1) is 0 Å². The van der Waals surface area contributed by atoms with Gasteiger partial charge in [0.15, 0.2) is 0 Å². The van der Waals surface area contributed by atoms with Gasteiger partial charge >= 0.3 is 19.2 Å². The van der Waals surface area contributed by atoms with E-state index in [0.29, 0.717) is 18.4 Å².